The van der Waals surface area contributed by atoms with Crippen LogP contribution in [-0.2, 0) is 11.3 Å². The molecule has 4 heterocycles. The summed E-state index contributed by atoms with van der Waals surface area (Å²) in [5.41, 5.74) is 3.24. The number of aromatic nitrogens is 2. The zero-order valence-corrected chi connectivity index (χ0v) is 20.2. The molecule has 2 unspecified atom stereocenters. The van der Waals surface area contributed by atoms with Crippen molar-refractivity contribution in [1.82, 2.24) is 19.4 Å². The van der Waals surface area contributed by atoms with Gasteiger partial charge in [-0.25, -0.2) is 4.98 Å². The fraction of sp³-hybridized carbons (Fsp3) is 0.429. The Labute approximate surface area is 206 Å². The molecule has 0 bridgehead atoms. The van der Waals surface area contributed by atoms with Gasteiger partial charge in [0.25, 0.3) is 0 Å². The van der Waals surface area contributed by atoms with Gasteiger partial charge in [-0.3, -0.25) is 4.79 Å². The van der Waals surface area contributed by atoms with Crippen LogP contribution in [0, 0.1) is 5.92 Å². The minimum Gasteiger partial charge on any atom is -0.454 e. The van der Waals surface area contributed by atoms with Crippen LogP contribution >= 0.6 is 0 Å². The third-order valence-electron chi connectivity index (χ3n) is 7.64. The minimum absolute atomic E-state index is 0.0268. The summed E-state index contributed by atoms with van der Waals surface area (Å²) in [4.78, 5) is 22.6. The molecule has 0 radical (unpaired) electrons. The van der Waals surface area contributed by atoms with Gasteiger partial charge in [0.15, 0.2) is 11.5 Å². The number of rotatable bonds is 6. The van der Waals surface area contributed by atoms with Gasteiger partial charge in [-0.15, -0.1) is 0 Å². The number of hydrogen-bond donors (Lipinski definition) is 0. The fourth-order valence-electron chi connectivity index (χ4n) is 5.73. The van der Waals surface area contributed by atoms with Crippen molar-refractivity contribution in [2.24, 2.45) is 5.92 Å². The predicted octanol–water partition coefficient (Wildman–Crippen LogP) is 4.33. The van der Waals surface area contributed by atoms with Gasteiger partial charge in [-0.05, 0) is 56.1 Å². The van der Waals surface area contributed by atoms with Gasteiger partial charge in [-0.2, -0.15) is 0 Å². The van der Waals surface area contributed by atoms with E-state index >= 15 is 0 Å². The Balaban J connectivity index is 1.33. The van der Waals surface area contributed by atoms with Gasteiger partial charge in [0, 0.05) is 25.7 Å². The smallest absolute Gasteiger partial charge is 0.231 e. The van der Waals surface area contributed by atoms with Gasteiger partial charge in [0.1, 0.15) is 5.82 Å². The average Bonchev–Trinajstić information content (AvgIpc) is 3.59. The first-order valence-electron chi connectivity index (χ1n) is 12.7. The summed E-state index contributed by atoms with van der Waals surface area (Å²) >= 11 is 0. The average molecular weight is 473 g/mol. The molecule has 3 aromatic rings. The lowest BCUT2D eigenvalue weighted by Gasteiger charge is -2.28. The number of amides is 1. The van der Waals surface area contributed by atoms with E-state index in [1.807, 2.05) is 36.3 Å². The first kappa shape index (κ1) is 22.2. The molecule has 35 heavy (non-hydrogen) atoms. The van der Waals surface area contributed by atoms with Crippen molar-refractivity contribution in [3.05, 3.63) is 66.1 Å². The Morgan fingerprint density at radius 3 is 2.63 bits per heavy atom. The molecule has 2 atom stereocenters. The normalized spacial score (nSPS) is 22.2. The van der Waals surface area contributed by atoms with Crippen LogP contribution in [0.3, 0.4) is 0 Å². The van der Waals surface area contributed by atoms with E-state index in [2.05, 4.69) is 39.8 Å². The quantitative estimate of drug-likeness (QED) is 0.534. The first-order valence-corrected chi connectivity index (χ1v) is 12.7. The number of likely N-dealkylation sites (tertiary alicyclic amines) is 2. The number of ether oxygens (including phenoxy) is 2. The second-order valence-corrected chi connectivity index (χ2v) is 9.90. The summed E-state index contributed by atoms with van der Waals surface area (Å²) in [6.45, 7) is 4.01. The number of carbonyl (C=O) groups excluding carboxylic acids is 1. The number of carbonyl (C=O) groups is 1. The van der Waals surface area contributed by atoms with Crippen molar-refractivity contribution in [3.63, 3.8) is 0 Å². The molecule has 3 aliphatic heterocycles. The minimum atomic E-state index is -0.0382. The SMILES string of the molecule is CN1C(=O)C(CN2CCCCC2)CC1c1ncc(-c2ccc3c(c2)OCO3)n1Cc1ccccc1. The highest BCUT2D eigenvalue weighted by Gasteiger charge is 2.41. The third kappa shape index (κ3) is 4.29. The summed E-state index contributed by atoms with van der Waals surface area (Å²) in [5.74, 6) is 2.73. The van der Waals surface area contributed by atoms with Crippen LogP contribution in [-0.4, -0.2) is 58.7 Å². The lowest BCUT2D eigenvalue weighted by Crippen LogP contribution is -2.37. The topological polar surface area (TPSA) is 59.8 Å². The predicted molar refractivity (Wildman–Crippen MR) is 133 cm³/mol. The summed E-state index contributed by atoms with van der Waals surface area (Å²) in [7, 11) is 1.94. The van der Waals surface area contributed by atoms with Crippen LogP contribution in [0.5, 0.6) is 11.5 Å². The first-order chi connectivity index (χ1) is 17.2. The second-order valence-electron chi connectivity index (χ2n) is 9.90. The standard InChI is InChI=1S/C28H32N4O3/c1-30-23(14-22(28(30)33)18-31-12-6-3-7-13-31)27-29-16-24(32(27)17-20-8-4-2-5-9-20)21-10-11-25-26(15-21)35-19-34-25/h2,4-5,8-11,15-16,22-23H,3,6-7,12-14,17-19H2,1H3. The molecule has 0 N–H and O–H groups in total. The molecule has 7 nitrogen and oxygen atoms in total. The maximum Gasteiger partial charge on any atom is 0.231 e. The van der Waals surface area contributed by atoms with E-state index in [-0.39, 0.29) is 24.7 Å². The molecule has 2 saturated heterocycles. The molecule has 2 aromatic carbocycles. The number of piperidine rings is 1. The van der Waals surface area contributed by atoms with Crippen molar-refractivity contribution in [1.29, 1.82) is 0 Å². The number of hydrogen-bond acceptors (Lipinski definition) is 5. The Morgan fingerprint density at radius 2 is 1.80 bits per heavy atom. The molecule has 3 aliphatic rings. The van der Waals surface area contributed by atoms with E-state index in [0.29, 0.717) is 6.54 Å². The Kier molecular flexibility index (Phi) is 5.94. The molecule has 7 heteroatoms. The summed E-state index contributed by atoms with van der Waals surface area (Å²) in [6, 6.07) is 16.4. The van der Waals surface area contributed by atoms with E-state index in [0.717, 1.165) is 54.6 Å². The van der Waals surface area contributed by atoms with Crippen LogP contribution < -0.4 is 9.47 Å². The maximum atomic E-state index is 13.3. The van der Waals surface area contributed by atoms with Crippen molar-refractivity contribution in [2.45, 2.75) is 38.3 Å². The lowest BCUT2D eigenvalue weighted by atomic mass is 10.0. The summed E-state index contributed by atoms with van der Waals surface area (Å²) in [6.07, 6.45) is 6.52. The van der Waals surface area contributed by atoms with Gasteiger partial charge < -0.3 is 23.8 Å². The summed E-state index contributed by atoms with van der Waals surface area (Å²) < 4.78 is 13.4. The Bertz CT molecular complexity index is 1200. The van der Waals surface area contributed by atoms with Gasteiger partial charge in [0.2, 0.25) is 12.7 Å². The molecule has 1 amide bonds. The fourth-order valence-corrected chi connectivity index (χ4v) is 5.73. The van der Waals surface area contributed by atoms with Crippen molar-refractivity contribution in [3.8, 4) is 22.8 Å². The zero-order valence-electron chi connectivity index (χ0n) is 20.2. The molecule has 6 rings (SSSR count). The van der Waals surface area contributed by atoms with Crippen LogP contribution in [0.25, 0.3) is 11.3 Å². The largest absolute Gasteiger partial charge is 0.454 e. The van der Waals surface area contributed by atoms with Gasteiger partial charge in [-0.1, -0.05) is 36.8 Å². The molecular weight excluding hydrogens is 440 g/mol. The molecule has 0 aliphatic carbocycles. The van der Waals surface area contributed by atoms with Crippen molar-refractivity contribution in [2.75, 3.05) is 33.5 Å². The Hall–Kier alpha value is -3.32. The molecule has 0 spiro atoms. The van der Waals surface area contributed by atoms with Crippen LogP contribution in [0.2, 0.25) is 0 Å². The maximum absolute atomic E-state index is 13.3. The highest BCUT2D eigenvalue weighted by Crippen LogP contribution is 2.40. The lowest BCUT2D eigenvalue weighted by molar-refractivity contribution is -0.131. The van der Waals surface area contributed by atoms with E-state index < -0.39 is 0 Å². The number of imidazole rings is 1. The van der Waals surface area contributed by atoms with Crippen LogP contribution in [0.4, 0.5) is 0 Å². The molecule has 0 saturated carbocycles. The van der Waals surface area contributed by atoms with E-state index in [4.69, 9.17) is 14.5 Å². The third-order valence-corrected chi connectivity index (χ3v) is 7.64. The van der Waals surface area contributed by atoms with Crippen molar-refractivity contribution >= 4 is 5.91 Å². The van der Waals surface area contributed by atoms with Crippen LogP contribution in [0.15, 0.2) is 54.7 Å². The zero-order chi connectivity index (χ0) is 23.8. The number of fused-ring (bicyclic) bond motifs is 1. The van der Waals surface area contributed by atoms with E-state index in [1.165, 1.54) is 24.8 Å². The monoisotopic (exact) mass is 472 g/mol. The van der Waals surface area contributed by atoms with Crippen molar-refractivity contribution < 1.29 is 14.3 Å². The van der Waals surface area contributed by atoms with Gasteiger partial charge >= 0.3 is 0 Å². The number of benzene rings is 2. The molecular formula is C28H32N4O3. The highest BCUT2D eigenvalue weighted by atomic mass is 16.7. The second kappa shape index (κ2) is 9.38. The van der Waals surface area contributed by atoms with Crippen LogP contribution in [0.1, 0.15) is 43.1 Å². The molecule has 2 fully saturated rings. The summed E-state index contributed by atoms with van der Waals surface area (Å²) in [5, 5.41) is 0. The van der Waals surface area contributed by atoms with E-state index in [9.17, 15) is 4.79 Å². The Morgan fingerprint density at radius 1 is 1.00 bits per heavy atom. The molecule has 1 aromatic heterocycles. The highest BCUT2D eigenvalue weighted by molar-refractivity contribution is 5.81. The van der Waals surface area contributed by atoms with Gasteiger partial charge in [0.05, 0.1) is 23.9 Å². The number of nitrogens with zero attached hydrogens (tertiary/aromatic N) is 4. The van der Waals surface area contributed by atoms with E-state index in [1.54, 1.807) is 0 Å². The molecule has 182 valence electrons.